The fourth-order valence-corrected chi connectivity index (χ4v) is 2.33. The van der Waals surface area contributed by atoms with Crippen molar-refractivity contribution in [1.29, 1.82) is 0 Å². The summed E-state index contributed by atoms with van der Waals surface area (Å²) in [6.07, 6.45) is -3.27. The minimum atomic E-state index is -1.82. The molecule has 0 aliphatic heterocycles. The number of carboxylic acid groups (broad SMARTS) is 2. The Kier molecular flexibility index (Phi) is 11.5. The predicted molar refractivity (Wildman–Crippen MR) is 105 cm³/mol. The highest BCUT2D eigenvalue weighted by Gasteiger charge is 2.32. The normalized spacial score (nSPS) is 14.0. The van der Waals surface area contributed by atoms with Gasteiger partial charge in [-0.25, -0.2) is 4.79 Å². The van der Waals surface area contributed by atoms with Gasteiger partial charge >= 0.3 is 11.9 Å². The first-order valence-electron chi connectivity index (χ1n) is 9.10. The van der Waals surface area contributed by atoms with Crippen LogP contribution in [0.15, 0.2) is 0 Å². The van der Waals surface area contributed by atoms with Crippen LogP contribution in [0.5, 0.6) is 0 Å². The molecule has 0 aliphatic rings. The highest BCUT2D eigenvalue weighted by molar-refractivity contribution is 5.98. The van der Waals surface area contributed by atoms with Gasteiger partial charge in [0.2, 0.25) is 35.4 Å². The molecular formula is C16H25N7O10. The lowest BCUT2D eigenvalue weighted by Gasteiger charge is -2.23. The van der Waals surface area contributed by atoms with Crippen molar-refractivity contribution in [3.63, 3.8) is 0 Å². The molecule has 0 aromatic heterocycles. The molecule has 6 amide bonds. The summed E-state index contributed by atoms with van der Waals surface area (Å²) in [5.74, 6) is -9.98. The first kappa shape index (κ1) is 28.7. The Morgan fingerprint density at radius 1 is 0.576 bits per heavy atom. The average molecular weight is 475 g/mol. The second-order valence-corrected chi connectivity index (χ2v) is 6.74. The lowest BCUT2D eigenvalue weighted by molar-refractivity contribution is -0.144. The molecular weight excluding hydrogens is 450 g/mol. The van der Waals surface area contributed by atoms with Crippen LogP contribution in [0, 0.1) is 0 Å². The molecule has 33 heavy (non-hydrogen) atoms. The predicted octanol–water partition coefficient (Wildman–Crippen LogP) is -6.05. The van der Waals surface area contributed by atoms with E-state index in [1.54, 1.807) is 0 Å². The summed E-state index contributed by atoms with van der Waals surface area (Å²) < 4.78 is 0. The summed E-state index contributed by atoms with van der Waals surface area (Å²) in [5.41, 5.74) is 20.2. The molecule has 0 saturated carbocycles. The van der Waals surface area contributed by atoms with E-state index in [0.717, 1.165) is 0 Å². The Hall–Kier alpha value is -4.28. The summed E-state index contributed by atoms with van der Waals surface area (Å²) in [6, 6.07) is -6.94. The molecule has 0 fully saturated rings. The summed E-state index contributed by atoms with van der Waals surface area (Å²) in [4.78, 5) is 92.3. The fraction of sp³-hybridized carbons (Fsp3) is 0.500. The summed E-state index contributed by atoms with van der Waals surface area (Å²) in [5, 5.41) is 23.9. The maximum absolute atomic E-state index is 12.5. The van der Waals surface area contributed by atoms with E-state index in [0.29, 0.717) is 0 Å². The molecule has 0 saturated heterocycles. The van der Waals surface area contributed by atoms with Crippen LogP contribution in [-0.2, 0) is 38.4 Å². The SMILES string of the molecule is NC(=O)CC(N)C(=O)NC(CC(=O)O)C(=O)NC(CC(N)=O)C(=O)NC(CC(N)=O)C(=O)O. The van der Waals surface area contributed by atoms with E-state index in [1.165, 1.54) is 0 Å². The van der Waals surface area contributed by atoms with E-state index in [4.69, 9.17) is 33.1 Å². The molecule has 0 spiro atoms. The minimum absolute atomic E-state index is 0.615. The lowest BCUT2D eigenvalue weighted by atomic mass is 10.1. The highest BCUT2D eigenvalue weighted by atomic mass is 16.4. The Morgan fingerprint density at radius 2 is 0.939 bits per heavy atom. The van der Waals surface area contributed by atoms with Crippen molar-refractivity contribution in [3.05, 3.63) is 0 Å². The molecule has 0 radical (unpaired) electrons. The summed E-state index contributed by atoms with van der Waals surface area (Å²) in [7, 11) is 0. The quantitative estimate of drug-likeness (QED) is 0.107. The third-order valence-electron chi connectivity index (χ3n) is 3.83. The Balaban J connectivity index is 5.58. The number of carboxylic acids is 2. The Morgan fingerprint density at radius 3 is 1.33 bits per heavy atom. The van der Waals surface area contributed by atoms with Gasteiger partial charge in [0.25, 0.3) is 0 Å². The van der Waals surface area contributed by atoms with Crippen molar-refractivity contribution >= 4 is 47.4 Å². The number of hydrogen-bond acceptors (Lipinski definition) is 9. The molecule has 0 rings (SSSR count). The summed E-state index contributed by atoms with van der Waals surface area (Å²) >= 11 is 0. The van der Waals surface area contributed by atoms with Crippen LogP contribution in [0.1, 0.15) is 25.7 Å². The van der Waals surface area contributed by atoms with Crippen molar-refractivity contribution in [3.8, 4) is 0 Å². The first-order chi connectivity index (χ1) is 15.1. The van der Waals surface area contributed by atoms with Crippen molar-refractivity contribution in [1.82, 2.24) is 16.0 Å². The smallest absolute Gasteiger partial charge is 0.326 e. The van der Waals surface area contributed by atoms with E-state index in [2.05, 4.69) is 0 Å². The van der Waals surface area contributed by atoms with Gasteiger partial charge in [0, 0.05) is 0 Å². The zero-order valence-corrected chi connectivity index (χ0v) is 17.1. The van der Waals surface area contributed by atoms with Crippen molar-refractivity contribution in [2.45, 2.75) is 49.9 Å². The molecule has 13 N–H and O–H groups in total. The fourth-order valence-electron chi connectivity index (χ4n) is 2.33. The van der Waals surface area contributed by atoms with Crippen LogP contribution in [0.3, 0.4) is 0 Å². The standard InChI is InChI=1S/C16H25N7O10/c17-5(1-9(18)24)13(29)21-7(4-12(27)28)15(31)22-6(2-10(19)25)14(30)23-8(16(32)33)3-11(20)26/h5-8H,1-4,17H2,(H2,18,24)(H2,19,25)(H2,20,26)(H,21,29)(H,22,31)(H,23,30)(H,27,28)(H,32,33). The topological polar surface area (TPSA) is 317 Å². The van der Waals surface area contributed by atoms with Gasteiger partial charge in [-0.2, -0.15) is 0 Å². The van der Waals surface area contributed by atoms with Gasteiger partial charge in [-0.3, -0.25) is 33.6 Å². The van der Waals surface area contributed by atoms with Gasteiger partial charge in [0.05, 0.1) is 31.7 Å². The maximum Gasteiger partial charge on any atom is 0.326 e. The maximum atomic E-state index is 12.5. The molecule has 4 unspecified atom stereocenters. The van der Waals surface area contributed by atoms with Crippen LogP contribution in [-0.4, -0.2) is 81.8 Å². The Labute approximate surface area is 185 Å². The number of amides is 6. The van der Waals surface area contributed by atoms with Crippen LogP contribution in [0.4, 0.5) is 0 Å². The van der Waals surface area contributed by atoms with E-state index >= 15 is 0 Å². The molecule has 0 aromatic rings. The third-order valence-corrected chi connectivity index (χ3v) is 3.83. The van der Waals surface area contributed by atoms with Crippen LogP contribution < -0.4 is 38.9 Å². The van der Waals surface area contributed by atoms with Gasteiger partial charge in [-0.05, 0) is 0 Å². The van der Waals surface area contributed by atoms with Gasteiger partial charge in [-0.15, -0.1) is 0 Å². The van der Waals surface area contributed by atoms with Crippen molar-refractivity contribution in [2.24, 2.45) is 22.9 Å². The number of rotatable bonds is 15. The van der Waals surface area contributed by atoms with Crippen LogP contribution in [0.2, 0.25) is 0 Å². The van der Waals surface area contributed by atoms with Gasteiger partial charge < -0.3 is 49.1 Å². The second kappa shape index (κ2) is 13.2. The molecule has 17 nitrogen and oxygen atoms in total. The van der Waals surface area contributed by atoms with E-state index in [1.807, 2.05) is 16.0 Å². The van der Waals surface area contributed by atoms with Crippen molar-refractivity contribution < 1.29 is 48.6 Å². The molecule has 0 aromatic carbocycles. The Bertz CT molecular complexity index is 830. The molecule has 4 atom stereocenters. The lowest BCUT2D eigenvalue weighted by Crippen LogP contribution is -2.58. The third kappa shape index (κ3) is 11.6. The minimum Gasteiger partial charge on any atom is -0.481 e. The van der Waals surface area contributed by atoms with E-state index in [9.17, 15) is 38.4 Å². The summed E-state index contributed by atoms with van der Waals surface area (Å²) in [6.45, 7) is 0. The highest BCUT2D eigenvalue weighted by Crippen LogP contribution is 2.01. The largest absolute Gasteiger partial charge is 0.481 e. The average Bonchev–Trinajstić information content (AvgIpc) is 2.64. The van der Waals surface area contributed by atoms with Gasteiger partial charge in [0.15, 0.2) is 0 Å². The van der Waals surface area contributed by atoms with Gasteiger partial charge in [-0.1, -0.05) is 0 Å². The molecule has 0 bridgehead atoms. The van der Waals surface area contributed by atoms with Crippen LogP contribution >= 0.6 is 0 Å². The number of nitrogens with one attached hydrogen (secondary N) is 3. The van der Waals surface area contributed by atoms with Gasteiger partial charge in [0.1, 0.15) is 18.1 Å². The number of carbonyl (C=O) groups excluding carboxylic acids is 6. The monoisotopic (exact) mass is 475 g/mol. The number of carbonyl (C=O) groups is 8. The zero-order chi connectivity index (χ0) is 25.9. The molecule has 184 valence electrons. The molecule has 0 aliphatic carbocycles. The zero-order valence-electron chi connectivity index (χ0n) is 17.1. The number of aliphatic carboxylic acids is 2. The molecule has 17 heteroatoms. The molecule has 0 heterocycles. The van der Waals surface area contributed by atoms with Crippen molar-refractivity contribution in [2.75, 3.05) is 0 Å². The second-order valence-electron chi connectivity index (χ2n) is 6.74. The van der Waals surface area contributed by atoms with E-state index < -0.39 is 97.2 Å². The number of hydrogen-bond donors (Lipinski definition) is 9. The number of nitrogens with two attached hydrogens (primary N) is 4. The number of primary amides is 3. The van der Waals surface area contributed by atoms with Crippen LogP contribution in [0.25, 0.3) is 0 Å². The van der Waals surface area contributed by atoms with E-state index in [-0.39, 0.29) is 0 Å². The first-order valence-corrected chi connectivity index (χ1v) is 9.10.